The Hall–Kier alpha value is -1.37. The number of hydrogen-bond acceptors (Lipinski definition) is 3. The van der Waals surface area contributed by atoms with E-state index in [9.17, 15) is 18.0 Å². The number of Topliss-reactive ketones (excluding diaryl/α,β-unsaturated/α-hetero) is 1. The number of alkyl halides is 3. The highest BCUT2D eigenvalue weighted by Crippen LogP contribution is 2.27. The van der Waals surface area contributed by atoms with Gasteiger partial charge in [0.15, 0.2) is 11.5 Å². The molecule has 1 fully saturated rings. The van der Waals surface area contributed by atoms with E-state index in [1.807, 2.05) is 0 Å². The zero-order valence-corrected chi connectivity index (χ0v) is 8.91. The molecule has 17 heavy (non-hydrogen) atoms. The summed E-state index contributed by atoms with van der Waals surface area (Å²) in [5.74, 6) is -0.354. The van der Waals surface area contributed by atoms with Crippen LogP contribution in [0.15, 0.2) is 12.3 Å². The number of carbonyl (C=O) groups excluding carboxylic acids is 1. The summed E-state index contributed by atoms with van der Waals surface area (Å²) in [6.45, 7) is 0.750. The molecular formula is C10H11F3N2O2. The highest BCUT2D eigenvalue weighted by molar-refractivity contribution is 5.81. The maximum atomic E-state index is 12.3. The number of ketones is 1. The van der Waals surface area contributed by atoms with Crippen molar-refractivity contribution in [1.82, 2.24) is 9.78 Å². The summed E-state index contributed by atoms with van der Waals surface area (Å²) in [5, 5.41) is 3.32. The summed E-state index contributed by atoms with van der Waals surface area (Å²) in [6, 6.07) is 0.860. The van der Waals surface area contributed by atoms with Gasteiger partial charge in [0.05, 0.1) is 13.2 Å². The van der Waals surface area contributed by atoms with Crippen LogP contribution >= 0.6 is 0 Å². The lowest BCUT2D eigenvalue weighted by atomic mass is 10.0. The molecule has 1 aromatic heterocycles. The molecule has 2 heterocycles. The molecule has 7 heteroatoms. The highest BCUT2D eigenvalue weighted by Gasteiger charge is 2.34. The molecule has 0 N–H and O–H groups in total. The van der Waals surface area contributed by atoms with Crippen LogP contribution < -0.4 is 0 Å². The predicted molar refractivity (Wildman–Crippen MR) is 51.2 cm³/mol. The molecule has 4 nitrogen and oxygen atoms in total. The maximum Gasteiger partial charge on any atom is 0.435 e. The molecule has 0 aromatic carbocycles. The SMILES string of the molecule is O=C(Cn1ccc(C(F)(F)F)n1)C1CCOC1. The molecule has 0 saturated carbocycles. The van der Waals surface area contributed by atoms with E-state index in [4.69, 9.17) is 4.74 Å². The number of ether oxygens (including phenoxy) is 1. The second-order valence-electron chi connectivity index (χ2n) is 3.92. The normalized spacial score (nSPS) is 20.8. The van der Waals surface area contributed by atoms with Gasteiger partial charge in [0.25, 0.3) is 0 Å². The molecule has 0 spiro atoms. The Balaban J connectivity index is 1.99. The van der Waals surface area contributed by atoms with Crippen molar-refractivity contribution in [3.8, 4) is 0 Å². The molecule has 0 radical (unpaired) electrons. The van der Waals surface area contributed by atoms with Crippen molar-refractivity contribution < 1.29 is 22.7 Å². The third-order valence-electron chi connectivity index (χ3n) is 2.63. The van der Waals surface area contributed by atoms with Crippen LogP contribution in [0.4, 0.5) is 13.2 Å². The minimum atomic E-state index is -4.47. The number of aromatic nitrogens is 2. The Bertz CT molecular complexity index is 408. The van der Waals surface area contributed by atoms with Gasteiger partial charge < -0.3 is 4.74 Å². The van der Waals surface area contributed by atoms with Gasteiger partial charge >= 0.3 is 6.18 Å². The van der Waals surface area contributed by atoms with Gasteiger partial charge in [-0.25, -0.2) is 0 Å². The topological polar surface area (TPSA) is 44.1 Å². The van der Waals surface area contributed by atoms with Crippen molar-refractivity contribution in [2.45, 2.75) is 19.1 Å². The van der Waals surface area contributed by atoms with E-state index in [2.05, 4.69) is 5.10 Å². The van der Waals surface area contributed by atoms with Gasteiger partial charge in [0, 0.05) is 18.7 Å². The van der Waals surface area contributed by atoms with Crippen molar-refractivity contribution in [3.63, 3.8) is 0 Å². The Kier molecular flexibility index (Phi) is 3.19. The van der Waals surface area contributed by atoms with Crippen LogP contribution in [0.5, 0.6) is 0 Å². The van der Waals surface area contributed by atoms with Gasteiger partial charge in [0.1, 0.15) is 0 Å². The van der Waals surface area contributed by atoms with Gasteiger partial charge in [0.2, 0.25) is 0 Å². The molecule has 94 valence electrons. The minimum Gasteiger partial charge on any atom is -0.381 e. The average molecular weight is 248 g/mol. The maximum absolute atomic E-state index is 12.3. The first-order valence-corrected chi connectivity index (χ1v) is 5.18. The van der Waals surface area contributed by atoms with E-state index < -0.39 is 11.9 Å². The van der Waals surface area contributed by atoms with E-state index in [0.29, 0.717) is 19.6 Å². The molecule has 0 aliphatic carbocycles. The number of hydrogen-bond donors (Lipinski definition) is 0. The molecule has 0 amide bonds. The fourth-order valence-electron chi connectivity index (χ4n) is 1.68. The van der Waals surface area contributed by atoms with Crippen molar-refractivity contribution in [2.75, 3.05) is 13.2 Å². The molecule has 0 bridgehead atoms. The molecular weight excluding hydrogens is 237 g/mol. The van der Waals surface area contributed by atoms with Crippen LogP contribution in [-0.4, -0.2) is 28.8 Å². The monoisotopic (exact) mass is 248 g/mol. The minimum absolute atomic E-state index is 0.135. The first-order valence-electron chi connectivity index (χ1n) is 5.18. The van der Waals surface area contributed by atoms with Crippen LogP contribution in [0.1, 0.15) is 12.1 Å². The van der Waals surface area contributed by atoms with E-state index in [1.165, 1.54) is 0 Å². The third-order valence-corrected chi connectivity index (χ3v) is 2.63. The number of nitrogens with zero attached hydrogens (tertiary/aromatic N) is 2. The molecule has 1 saturated heterocycles. The van der Waals surface area contributed by atoms with Gasteiger partial charge in [-0.2, -0.15) is 18.3 Å². The van der Waals surface area contributed by atoms with Crippen LogP contribution in [-0.2, 0) is 22.3 Å². The van der Waals surface area contributed by atoms with Gasteiger partial charge in [-0.15, -0.1) is 0 Å². The van der Waals surface area contributed by atoms with Crippen molar-refractivity contribution in [3.05, 3.63) is 18.0 Å². The lowest BCUT2D eigenvalue weighted by Gasteiger charge is -2.06. The molecule has 1 unspecified atom stereocenters. The lowest BCUT2D eigenvalue weighted by molar-refractivity contribution is -0.141. The second-order valence-corrected chi connectivity index (χ2v) is 3.92. The van der Waals surface area contributed by atoms with Gasteiger partial charge in [-0.1, -0.05) is 0 Å². The smallest absolute Gasteiger partial charge is 0.381 e. The van der Waals surface area contributed by atoms with Gasteiger partial charge in [-0.3, -0.25) is 9.48 Å². The summed E-state index contributed by atoms with van der Waals surface area (Å²) in [4.78, 5) is 11.7. The van der Waals surface area contributed by atoms with Crippen LogP contribution in [0.2, 0.25) is 0 Å². The Morgan fingerprint density at radius 1 is 1.59 bits per heavy atom. The number of carbonyl (C=O) groups is 1. The molecule has 1 aliphatic rings. The fourth-order valence-corrected chi connectivity index (χ4v) is 1.68. The zero-order valence-electron chi connectivity index (χ0n) is 8.91. The molecule has 1 atom stereocenters. The summed E-state index contributed by atoms with van der Waals surface area (Å²) < 4.78 is 42.8. The highest BCUT2D eigenvalue weighted by atomic mass is 19.4. The van der Waals surface area contributed by atoms with Crippen LogP contribution in [0.25, 0.3) is 0 Å². The summed E-state index contributed by atoms with van der Waals surface area (Å²) in [6.07, 6.45) is -2.67. The van der Waals surface area contributed by atoms with Crippen molar-refractivity contribution in [2.24, 2.45) is 5.92 Å². The van der Waals surface area contributed by atoms with E-state index >= 15 is 0 Å². The van der Waals surface area contributed by atoms with Crippen molar-refractivity contribution in [1.29, 1.82) is 0 Å². The largest absolute Gasteiger partial charge is 0.435 e. The van der Waals surface area contributed by atoms with Crippen LogP contribution in [0.3, 0.4) is 0 Å². The first-order chi connectivity index (χ1) is 7.97. The second kappa shape index (κ2) is 4.48. The van der Waals surface area contributed by atoms with E-state index in [1.54, 1.807) is 0 Å². The lowest BCUT2D eigenvalue weighted by Crippen LogP contribution is -2.21. The van der Waals surface area contributed by atoms with Gasteiger partial charge in [-0.05, 0) is 12.5 Å². The fraction of sp³-hybridized carbons (Fsp3) is 0.600. The van der Waals surface area contributed by atoms with Crippen molar-refractivity contribution >= 4 is 5.78 Å². The summed E-state index contributed by atoms with van der Waals surface area (Å²) in [5.41, 5.74) is -0.979. The van der Waals surface area contributed by atoms with E-state index in [-0.39, 0.29) is 18.2 Å². The Labute approximate surface area is 95.4 Å². The first kappa shape index (κ1) is 12.1. The zero-order chi connectivity index (χ0) is 12.5. The van der Waals surface area contributed by atoms with E-state index in [0.717, 1.165) is 16.9 Å². The quantitative estimate of drug-likeness (QED) is 0.814. The standard InChI is InChI=1S/C10H11F3N2O2/c11-10(12,13)9-1-3-15(14-9)5-8(16)7-2-4-17-6-7/h1,3,7H,2,4-6H2. The Morgan fingerprint density at radius 2 is 2.35 bits per heavy atom. The summed E-state index contributed by atoms with van der Waals surface area (Å²) in [7, 11) is 0. The third kappa shape index (κ3) is 2.85. The predicted octanol–water partition coefficient (Wildman–Crippen LogP) is 1.51. The molecule has 1 aromatic rings. The van der Waals surface area contributed by atoms with Crippen LogP contribution in [0, 0.1) is 5.92 Å². The molecule has 2 rings (SSSR count). The summed E-state index contributed by atoms with van der Waals surface area (Å²) >= 11 is 0. The Morgan fingerprint density at radius 3 is 2.88 bits per heavy atom. The molecule has 1 aliphatic heterocycles. The number of rotatable bonds is 3. The number of halogens is 3. The average Bonchev–Trinajstić information content (AvgIpc) is 2.85.